The van der Waals surface area contributed by atoms with Crippen LogP contribution in [0.5, 0.6) is 0 Å². The minimum absolute atomic E-state index is 0.290. The van der Waals surface area contributed by atoms with Gasteiger partial charge in [-0.2, -0.15) is 0 Å². The van der Waals surface area contributed by atoms with E-state index in [0.717, 1.165) is 5.56 Å². The average molecular weight is 296 g/mol. The summed E-state index contributed by atoms with van der Waals surface area (Å²) in [7, 11) is 0. The third-order valence-electron chi connectivity index (χ3n) is 3.53. The van der Waals surface area contributed by atoms with Crippen LogP contribution in [0.15, 0.2) is 54.6 Å². The van der Waals surface area contributed by atoms with Gasteiger partial charge < -0.3 is 5.73 Å². The second kappa shape index (κ2) is 5.44. The van der Waals surface area contributed by atoms with Crippen molar-refractivity contribution in [1.82, 2.24) is 0 Å². The fourth-order valence-electron chi connectivity index (χ4n) is 2.47. The third kappa shape index (κ3) is 2.37. The highest BCUT2D eigenvalue weighted by Crippen LogP contribution is 2.30. The number of amides is 2. The van der Waals surface area contributed by atoms with Gasteiger partial charge in [-0.1, -0.05) is 30.4 Å². The molecule has 0 saturated carbocycles. The topological polar surface area (TPSA) is 63.4 Å². The van der Waals surface area contributed by atoms with Crippen LogP contribution >= 0.6 is 0 Å². The van der Waals surface area contributed by atoms with Crippen LogP contribution in [-0.4, -0.2) is 17.9 Å². The van der Waals surface area contributed by atoms with Crippen molar-refractivity contribution < 1.29 is 14.0 Å². The molecule has 0 aromatic heterocycles. The van der Waals surface area contributed by atoms with Gasteiger partial charge in [0.25, 0.3) is 5.91 Å². The summed E-state index contributed by atoms with van der Waals surface area (Å²) in [6.45, 7) is 0. The monoisotopic (exact) mass is 296 g/mol. The third-order valence-corrected chi connectivity index (χ3v) is 3.53. The number of fused-ring (bicyclic) bond motifs is 1. The first-order chi connectivity index (χ1) is 10.6. The van der Waals surface area contributed by atoms with Crippen LogP contribution in [-0.2, 0) is 4.79 Å². The van der Waals surface area contributed by atoms with Gasteiger partial charge in [0.15, 0.2) is 0 Å². The zero-order valence-corrected chi connectivity index (χ0v) is 11.6. The van der Waals surface area contributed by atoms with Gasteiger partial charge in [-0.25, -0.2) is 4.39 Å². The number of anilines is 1. The first kappa shape index (κ1) is 14.0. The largest absolute Gasteiger partial charge is 0.368 e. The molecule has 1 atom stereocenters. The maximum atomic E-state index is 13.0. The Balaban J connectivity index is 2.08. The molecular weight excluding hydrogens is 283 g/mol. The van der Waals surface area contributed by atoms with Crippen LogP contribution in [0.2, 0.25) is 0 Å². The van der Waals surface area contributed by atoms with Crippen molar-refractivity contribution in [3.05, 3.63) is 71.6 Å². The fourth-order valence-corrected chi connectivity index (χ4v) is 2.47. The lowest BCUT2D eigenvalue weighted by molar-refractivity contribution is -0.118. The number of carbonyl (C=O) groups is 2. The predicted octanol–water partition coefficient (Wildman–Crippen LogP) is 2.35. The van der Waals surface area contributed by atoms with Gasteiger partial charge in [0.05, 0.1) is 5.69 Å². The molecule has 2 amide bonds. The van der Waals surface area contributed by atoms with Crippen molar-refractivity contribution in [3.8, 4) is 0 Å². The van der Waals surface area contributed by atoms with Crippen molar-refractivity contribution in [3.63, 3.8) is 0 Å². The van der Waals surface area contributed by atoms with Crippen LogP contribution in [0.1, 0.15) is 15.9 Å². The van der Waals surface area contributed by atoms with Crippen molar-refractivity contribution in [1.29, 1.82) is 0 Å². The van der Waals surface area contributed by atoms with Crippen LogP contribution in [0, 0.1) is 5.82 Å². The van der Waals surface area contributed by atoms with Gasteiger partial charge in [0.2, 0.25) is 5.91 Å². The number of rotatable bonds is 2. The van der Waals surface area contributed by atoms with Crippen LogP contribution in [0.25, 0.3) is 6.08 Å². The molecule has 0 fully saturated rings. The Labute approximate surface area is 126 Å². The molecule has 1 heterocycles. The van der Waals surface area contributed by atoms with Crippen molar-refractivity contribution in [2.45, 2.75) is 6.04 Å². The molecule has 0 bridgehead atoms. The Bertz CT molecular complexity index is 768. The van der Waals surface area contributed by atoms with Crippen molar-refractivity contribution in [2.75, 3.05) is 4.90 Å². The normalized spacial score (nSPS) is 16.2. The number of primary amides is 1. The first-order valence-corrected chi connectivity index (χ1v) is 6.73. The highest BCUT2D eigenvalue weighted by Gasteiger charge is 2.32. The summed E-state index contributed by atoms with van der Waals surface area (Å²) in [4.78, 5) is 25.8. The van der Waals surface area contributed by atoms with Gasteiger partial charge in [-0.15, -0.1) is 0 Å². The number of para-hydroxylation sites is 1. The summed E-state index contributed by atoms with van der Waals surface area (Å²) >= 11 is 0. The van der Waals surface area contributed by atoms with Gasteiger partial charge in [0.1, 0.15) is 11.9 Å². The molecule has 2 aromatic rings. The number of halogens is 1. The van der Waals surface area contributed by atoms with E-state index >= 15 is 0 Å². The van der Waals surface area contributed by atoms with Gasteiger partial charge in [0, 0.05) is 5.56 Å². The molecule has 1 unspecified atom stereocenters. The fraction of sp³-hybridized carbons (Fsp3) is 0.0588. The zero-order valence-electron chi connectivity index (χ0n) is 11.6. The van der Waals surface area contributed by atoms with Crippen molar-refractivity contribution in [2.24, 2.45) is 5.73 Å². The highest BCUT2D eigenvalue weighted by molar-refractivity contribution is 6.12. The molecule has 2 N–H and O–H groups in total. The molecule has 0 radical (unpaired) electrons. The smallest absolute Gasteiger partial charge is 0.259 e. The molecule has 22 heavy (non-hydrogen) atoms. The van der Waals surface area contributed by atoms with Gasteiger partial charge in [-0.05, 0) is 35.9 Å². The lowest BCUT2D eigenvalue weighted by atomic mass is 10.0. The number of nitrogens with two attached hydrogens (primary N) is 1. The summed E-state index contributed by atoms with van der Waals surface area (Å²) in [5, 5.41) is 0. The number of hydrogen-bond donors (Lipinski definition) is 1. The Morgan fingerprint density at radius 1 is 1.05 bits per heavy atom. The van der Waals surface area contributed by atoms with E-state index in [-0.39, 0.29) is 5.56 Å². The average Bonchev–Trinajstić information content (AvgIpc) is 2.53. The lowest BCUT2D eigenvalue weighted by Crippen LogP contribution is -2.48. The number of hydrogen-bond acceptors (Lipinski definition) is 2. The molecule has 0 spiro atoms. The standard InChI is InChI=1S/C17H13FN2O2/c18-13-8-5-12(6-9-13)17(22)20-14-4-2-1-3-11(14)7-10-15(20)16(19)21/h1-10,15H,(H2,19,21). The molecule has 2 aromatic carbocycles. The van der Waals surface area contributed by atoms with E-state index in [1.165, 1.54) is 29.2 Å². The van der Waals surface area contributed by atoms with Gasteiger partial charge in [-0.3, -0.25) is 14.5 Å². The molecule has 3 rings (SSSR count). The maximum absolute atomic E-state index is 13.0. The Morgan fingerprint density at radius 2 is 1.73 bits per heavy atom. The van der Waals surface area contributed by atoms with Crippen LogP contribution in [0.3, 0.4) is 0 Å². The highest BCUT2D eigenvalue weighted by atomic mass is 19.1. The van der Waals surface area contributed by atoms with E-state index in [9.17, 15) is 14.0 Å². The SMILES string of the molecule is NC(=O)C1C=Cc2ccccc2N1C(=O)c1ccc(F)cc1. The van der Waals surface area contributed by atoms with Crippen LogP contribution in [0.4, 0.5) is 10.1 Å². The lowest BCUT2D eigenvalue weighted by Gasteiger charge is -2.32. The van der Waals surface area contributed by atoms with Crippen LogP contribution < -0.4 is 10.6 Å². The number of carbonyl (C=O) groups excluding carboxylic acids is 2. The molecule has 5 heteroatoms. The minimum Gasteiger partial charge on any atom is -0.368 e. The van der Waals surface area contributed by atoms with E-state index in [2.05, 4.69) is 0 Å². The molecular formula is C17H13FN2O2. The zero-order chi connectivity index (χ0) is 15.7. The van der Waals surface area contributed by atoms with E-state index in [1.807, 2.05) is 12.1 Å². The quantitative estimate of drug-likeness (QED) is 0.924. The first-order valence-electron chi connectivity index (χ1n) is 6.73. The minimum atomic E-state index is -0.868. The maximum Gasteiger partial charge on any atom is 0.259 e. The summed E-state index contributed by atoms with van der Waals surface area (Å²) in [6.07, 6.45) is 3.35. The van der Waals surface area contributed by atoms with E-state index in [1.54, 1.807) is 24.3 Å². The molecule has 0 aliphatic carbocycles. The number of nitrogens with zero attached hydrogens (tertiary/aromatic N) is 1. The molecule has 1 aliphatic rings. The second-order valence-corrected chi connectivity index (χ2v) is 4.95. The van der Waals surface area contributed by atoms with Gasteiger partial charge >= 0.3 is 0 Å². The summed E-state index contributed by atoms with van der Waals surface area (Å²) in [5.41, 5.74) is 7.12. The van der Waals surface area contributed by atoms with E-state index in [0.29, 0.717) is 5.69 Å². The second-order valence-electron chi connectivity index (χ2n) is 4.95. The summed E-state index contributed by atoms with van der Waals surface area (Å²) in [5.74, 6) is -1.45. The molecule has 1 aliphatic heterocycles. The van der Waals surface area contributed by atoms with Crippen molar-refractivity contribution >= 4 is 23.6 Å². The molecule has 0 saturated heterocycles. The molecule has 4 nitrogen and oxygen atoms in total. The van der Waals surface area contributed by atoms with E-state index < -0.39 is 23.7 Å². The number of benzene rings is 2. The predicted molar refractivity (Wildman–Crippen MR) is 81.7 cm³/mol. The Morgan fingerprint density at radius 3 is 2.41 bits per heavy atom. The summed E-state index contributed by atoms with van der Waals surface area (Å²) < 4.78 is 13.0. The van der Waals surface area contributed by atoms with E-state index in [4.69, 9.17) is 5.73 Å². The summed E-state index contributed by atoms with van der Waals surface area (Å²) in [6, 6.07) is 11.5. The Kier molecular flexibility index (Phi) is 3.47. The Hall–Kier alpha value is -2.95. The molecule has 110 valence electrons.